The average Bonchev–Trinajstić information content (AvgIpc) is 3.30. The maximum atomic E-state index is 13.6. The van der Waals surface area contributed by atoms with Crippen LogP contribution in [0.5, 0.6) is 0 Å². The van der Waals surface area contributed by atoms with Crippen LogP contribution in [0.3, 0.4) is 0 Å². The number of hydrogen-bond acceptors (Lipinski definition) is 5. The minimum Gasteiger partial charge on any atom is -0.477 e. The molecule has 2 atom stereocenters. The standard InChI is InChI=1S/C29H37N3O4S/c1-17(2)32(28(34)21-8-5-18(3)6-9-21)24-15-25(37-26(24)29(35)36)20-11-13-23(14-12-20)31-27(33)22-10-7-19(4)30-16-22/h10-13,15-19,21,23H,5-9,14H2,1-4H3,(H,31,33)(H,35,36). The summed E-state index contributed by atoms with van der Waals surface area (Å²) >= 11 is 1.20. The Morgan fingerprint density at radius 2 is 1.84 bits per heavy atom. The third-order valence-corrected chi connectivity index (χ3v) is 8.56. The van der Waals surface area contributed by atoms with E-state index in [4.69, 9.17) is 0 Å². The Morgan fingerprint density at radius 3 is 2.41 bits per heavy atom. The molecule has 198 valence electrons. The highest BCUT2D eigenvalue weighted by Crippen LogP contribution is 2.39. The number of nitrogens with zero attached hydrogens (tertiary/aromatic N) is 2. The summed E-state index contributed by atoms with van der Waals surface area (Å²) in [4.78, 5) is 45.3. The Hall–Kier alpha value is -3.00. The van der Waals surface area contributed by atoms with E-state index in [0.717, 1.165) is 42.6 Å². The summed E-state index contributed by atoms with van der Waals surface area (Å²) in [5.74, 6) is -0.566. The van der Waals surface area contributed by atoms with E-state index in [9.17, 15) is 19.5 Å². The van der Waals surface area contributed by atoms with Crippen molar-refractivity contribution in [3.63, 3.8) is 0 Å². The summed E-state index contributed by atoms with van der Waals surface area (Å²) in [6, 6.07) is 1.75. The van der Waals surface area contributed by atoms with Crippen LogP contribution in [0, 0.1) is 11.8 Å². The van der Waals surface area contributed by atoms with Crippen LogP contribution in [-0.2, 0) is 9.59 Å². The van der Waals surface area contributed by atoms with Gasteiger partial charge in [-0.1, -0.05) is 31.2 Å². The van der Waals surface area contributed by atoms with E-state index in [0.29, 0.717) is 23.6 Å². The van der Waals surface area contributed by atoms with Gasteiger partial charge in [0.05, 0.1) is 23.3 Å². The molecule has 0 radical (unpaired) electrons. The molecule has 0 bridgehead atoms. The predicted molar refractivity (Wildman–Crippen MR) is 149 cm³/mol. The van der Waals surface area contributed by atoms with Gasteiger partial charge in [0.1, 0.15) is 4.88 Å². The molecule has 8 heteroatoms. The quantitative estimate of drug-likeness (QED) is 0.484. The normalized spacial score (nSPS) is 25.4. The van der Waals surface area contributed by atoms with Crippen molar-refractivity contribution in [2.75, 3.05) is 4.90 Å². The first-order valence-corrected chi connectivity index (χ1v) is 14.1. The highest BCUT2D eigenvalue weighted by atomic mass is 32.1. The number of rotatable bonds is 7. The van der Waals surface area contributed by atoms with Crippen LogP contribution < -0.4 is 10.2 Å². The van der Waals surface area contributed by atoms with Crippen LogP contribution in [0.1, 0.15) is 80.8 Å². The van der Waals surface area contributed by atoms with Crippen LogP contribution in [0.2, 0.25) is 0 Å². The van der Waals surface area contributed by atoms with E-state index >= 15 is 0 Å². The third-order valence-electron chi connectivity index (χ3n) is 7.40. The average molecular weight is 524 g/mol. The van der Waals surface area contributed by atoms with Gasteiger partial charge in [0.2, 0.25) is 5.91 Å². The summed E-state index contributed by atoms with van der Waals surface area (Å²) in [5.41, 5.74) is 1.97. The summed E-state index contributed by atoms with van der Waals surface area (Å²) in [6.07, 6.45) is 14.5. The first-order valence-electron chi connectivity index (χ1n) is 13.3. The molecule has 2 heterocycles. The van der Waals surface area contributed by atoms with Crippen molar-refractivity contribution in [1.29, 1.82) is 0 Å². The number of hydrogen-bond donors (Lipinski definition) is 2. The second kappa shape index (κ2) is 11.6. The lowest BCUT2D eigenvalue weighted by molar-refractivity contribution is -0.124. The molecule has 1 aliphatic heterocycles. The Labute approximate surface area is 223 Å². The summed E-state index contributed by atoms with van der Waals surface area (Å²) < 4.78 is 0. The summed E-state index contributed by atoms with van der Waals surface area (Å²) in [5, 5.41) is 13.0. The molecule has 0 saturated heterocycles. The smallest absolute Gasteiger partial charge is 0.348 e. The highest BCUT2D eigenvalue weighted by Gasteiger charge is 2.33. The van der Waals surface area contributed by atoms with E-state index in [2.05, 4.69) is 17.2 Å². The molecular weight excluding hydrogens is 486 g/mol. The van der Waals surface area contributed by atoms with Gasteiger partial charge in [0.15, 0.2) is 0 Å². The Morgan fingerprint density at radius 1 is 1.11 bits per heavy atom. The lowest BCUT2D eigenvalue weighted by Gasteiger charge is -2.33. The van der Waals surface area contributed by atoms with Crippen LogP contribution in [0.15, 0.2) is 40.9 Å². The third kappa shape index (κ3) is 6.29. The highest BCUT2D eigenvalue weighted by molar-refractivity contribution is 7.15. The minimum absolute atomic E-state index is 0.0274. The fourth-order valence-corrected chi connectivity index (χ4v) is 6.15. The van der Waals surface area contributed by atoms with Gasteiger partial charge in [-0.15, -0.1) is 11.3 Å². The van der Waals surface area contributed by atoms with Crippen LogP contribution >= 0.6 is 11.3 Å². The number of aliphatic imine (C=N–C) groups is 1. The number of dihydropyridines is 1. The van der Waals surface area contributed by atoms with Gasteiger partial charge in [-0.25, -0.2) is 4.79 Å². The molecule has 37 heavy (non-hydrogen) atoms. The number of carbonyl (C=O) groups is 3. The molecule has 1 aromatic rings. The molecule has 2 unspecified atom stereocenters. The largest absolute Gasteiger partial charge is 0.477 e. The monoisotopic (exact) mass is 523 g/mol. The zero-order valence-electron chi connectivity index (χ0n) is 22.1. The van der Waals surface area contributed by atoms with Gasteiger partial charge in [0.25, 0.3) is 5.91 Å². The number of anilines is 1. The number of allylic oxidation sites excluding steroid dienone is 2. The van der Waals surface area contributed by atoms with Gasteiger partial charge >= 0.3 is 5.97 Å². The van der Waals surface area contributed by atoms with Gasteiger partial charge in [-0.3, -0.25) is 14.6 Å². The number of aromatic carboxylic acids is 1. The van der Waals surface area contributed by atoms with Crippen molar-refractivity contribution < 1.29 is 19.5 Å². The van der Waals surface area contributed by atoms with Crippen molar-refractivity contribution in [2.45, 2.75) is 84.3 Å². The van der Waals surface area contributed by atoms with Gasteiger partial charge in [0, 0.05) is 23.1 Å². The number of carboxylic acid groups (broad SMARTS) is 1. The van der Waals surface area contributed by atoms with Crippen molar-refractivity contribution >= 4 is 46.6 Å². The van der Waals surface area contributed by atoms with E-state index in [1.165, 1.54) is 11.3 Å². The number of nitrogens with one attached hydrogen (secondary N) is 1. The van der Waals surface area contributed by atoms with Crippen molar-refractivity contribution in [3.05, 3.63) is 45.7 Å². The molecule has 2 N–H and O–H groups in total. The molecule has 2 aliphatic carbocycles. The Balaban J connectivity index is 1.50. The molecule has 1 fully saturated rings. The molecule has 7 nitrogen and oxygen atoms in total. The molecule has 2 amide bonds. The first-order chi connectivity index (χ1) is 17.6. The van der Waals surface area contributed by atoms with Crippen molar-refractivity contribution in [1.82, 2.24) is 5.32 Å². The topological polar surface area (TPSA) is 99.1 Å². The fourth-order valence-electron chi connectivity index (χ4n) is 5.14. The zero-order valence-corrected chi connectivity index (χ0v) is 22.9. The van der Waals surface area contributed by atoms with E-state index in [1.807, 2.05) is 51.1 Å². The van der Waals surface area contributed by atoms with E-state index in [1.54, 1.807) is 11.1 Å². The molecule has 0 spiro atoms. The van der Waals surface area contributed by atoms with E-state index < -0.39 is 5.97 Å². The molecule has 1 aromatic heterocycles. The zero-order chi connectivity index (χ0) is 26.7. The molecule has 0 aromatic carbocycles. The molecule has 3 aliphatic rings. The van der Waals surface area contributed by atoms with Crippen LogP contribution in [0.25, 0.3) is 5.57 Å². The second-order valence-electron chi connectivity index (χ2n) is 10.7. The SMILES string of the molecule is CC1CCC(C(=O)N(c2cc(C3=CCC(NC(=O)C4=CCC(C)N=C4)C=C3)sc2C(=O)O)C(C)C)CC1. The number of amides is 2. The number of carboxylic acids is 1. The van der Waals surface area contributed by atoms with Crippen molar-refractivity contribution in [2.24, 2.45) is 16.8 Å². The summed E-state index contributed by atoms with van der Waals surface area (Å²) in [7, 11) is 0. The maximum absolute atomic E-state index is 13.6. The van der Waals surface area contributed by atoms with Gasteiger partial charge < -0.3 is 15.3 Å². The number of thiophene rings is 1. The Kier molecular flexibility index (Phi) is 8.47. The van der Waals surface area contributed by atoms with Gasteiger partial charge in [-0.05, 0) is 76.9 Å². The summed E-state index contributed by atoms with van der Waals surface area (Å²) in [6.45, 7) is 8.10. The lowest BCUT2D eigenvalue weighted by atomic mass is 9.82. The lowest BCUT2D eigenvalue weighted by Crippen LogP contribution is -2.42. The van der Waals surface area contributed by atoms with Crippen LogP contribution in [0.4, 0.5) is 5.69 Å². The first kappa shape index (κ1) is 27.0. The fraction of sp³-hybridized carbons (Fsp3) is 0.517. The second-order valence-corrected chi connectivity index (χ2v) is 11.8. The maximum Gasteiger partial charge on any atom is 0.348 e. The van der Waals surface area contributed by atoms with Gasteiger partial charge in [-0.2, -0.15) is 0 Å². The minimum atomic E-state index is -1.02. The van der Waals surface area contributed by atoms with E-state index in [-0.39, 0.29) is 40.7 Å². The molecule has 4 rings (SSSR count). The predicted octanol–water partition coefficient (Wildman–Crippen LogP) is 5.63. The van der Waals surface area contributed by atoms with Crippen molar-refractivity contribution in [3.8, 4) is 0 Å². The van der Waals surface area contributed by atoms with Crippen LogP contribution in [-0.4, -0.2) is 47.2 Å². The molecule has 1 saturated carbocycles. The Bertz CT molecular complexity index is 1170. The number of carbonyl (C=O) groups excluding carboxylic acids is 2. The molecular formula is C29H37N3O4S.